The molecule has 0 spiro atoms. The number of ether oxygens (including phenoxy) is 1. The third-order valence-electron chi connectivity index (χ3n) is 3.44. The van der Waals surface area contributed by atoms with Crippen molar-refractivity contribution in [2.24, 2.45) is 0 Å². The maximum atomic E-state index is 10.9. The summed E-state index contributed by atoms with van der Waals surface area (Å²) in [5, 5.41) is 18.9. The van der Waals surface area contributed by atoms with E-state index < -0.39 is 19.2 Å². The predicted octanol–water partition coefficient (Wildman–Crippen LogP) is 0.169. The van der Waals surface area contributed by atoms with E-state index in [4.69, 9.17) is 14.5 Å². The van der Waals surface area contributed by atoms with Crippen molar-refractivity contribution >= 4 is 18.6 Å². The molecule has 0 amide bonds. The van der Waals surface area contributed by atoms with E-state index in [9.17, 15) is 9.82 Å². The number of carboxylic acid groups (broad SMARTS) is 1. The van der Waals surface area contributed by atoms with E-state index in [1.807, 2.05) is 32.0 Å². The predicted molar refractivity (Wildman–Crippen MR) is 78.9 cm³/mol. The van der Waals surface area contributed by atoms with Gasteiger partial charge in [-0.1, -0.05) is 0 Å². The van der Waals surface area contributed by atoms with E-state index >= 15 is 0 Å². The number of fused-ring (bicyclic) bond motifs is 1. The maximum absolute atomic E-state index is 10.9. The molecular formula is C14H20BNO5. The molecule has 1 aromatic carbocycles. The van der Waals surface area contributed by atoms with Crippen LogP contribution in [0.2, 0.25) is 0 Å². The molecule has 2 rings (SSSR count). The molecule has 1 unspecified atom stereocenters. The minimum absolute atomic E-state index is 0.161. The fourth-order valence-electron chi connectivity index (χ4n) is 2.47. The lowest BCUT2D eigenvalue weighted by atomic mass is 9.77. The van der Waals surface area contributed by atoms with Crippen LogP contribution in [0.4, 0.5) is 0 Å². The summed E-state index contributed by atoms with van der Waals surface area (Å²) < 4.78 is 11.0. The fraction of sp³-hybridized carbons (Fsp3) is 0.500. The average molecular weight is 293 g/mol. The van der Waals surface area contributed by atoms with Gasteiger partial charge in [0.25, 0.3) is 0 Å². The largest absolute Gasteiger partial charge is 0.492 e. The molecule has 1 aliphatic heterocycles. The first-order valence-corrected chi connectivity index (χ1v) is 6.85. The van der Waals surface area contributed by atoms with Crippen molar-refractivity contribution in [1.82, 2.24) is 4.90 Å². The standard InChI is InChI=1S/C14H20BNO5/c1-9-6-10(20-5-4-16(2)3)7-11-14(9)12(8-13(17)18)21-15(11)19/h6-7,12,19H,4-5,8H2,1-3H3,(H,17,18). The van der Waals surface area contributed by atoms with Crippen molar-refractivity contribution in [3.05, 3.63) is 23.3 Å². The molecule has 0 radical (unpaired) electrons. The van der Waals surface area contributed by atoms with E-state index in [0.29, 0.717) is 17.8 Å². The molecule has 0 aliphatic carbocycles. The summed E-state index contributed by atoms with van der Waals surface area (Å²) in [6.45, 7) is 3.20. The molecule has 0 bridgehead atoms. The Bertz CT molecular complexity index is 534. The first-order chi connectivity index (χ1) is 9.88. The summed E-state index contributed by atoms with van der Waals surface area (Å²) in [4.78, 5) is 12.9. The Morgan fingerprint density at radius 1 is 1.48 bits per heavy atom. The van der Waals surface area contributed by atoms with Crippen LogP contribution in [0, 0.1) is 6.92 Å². The van der Waals surface area contributed by atoms with Crippen molar-refractivity contribution < 1.29 is 24.3 Å². The maximum Gasteiger partial charge on any atom is 0.492 e. The number of likely N-dealkylation sites (N-methyl/N-ethyl adjacent to an activating group) is 1. The van der Waals surface area contributed by atoms with Crippen LogP contribution in [-0.4, -0.2) is 55.4 Å². The lowest BCUT2D eigenvalue weighted by Gasteiger charge is -2.15. The van der Waals surface area contributed by atoms with Gasteiger partial charge in [0.2, 0.25) is 0 Å². The van der Waals surface area contributed by atoms with Gasteiger partial charge in [0.05, 0.1) is 12.5 Å². The highest BCUT2D eigenvalue weighted by Crippen LogP contribution is 2.31. The zero-order valence-electron chi connectivity index (χ0n) is 12.5. The second-order valence-corrected chi connectivity index (χ2v) is 5.47. The number of carbonyl (C=O) groups is 1. The van der Waals surface area contributed by atoms with Gasteiger partial charge in [-0.05, 0) is 49.7 Å². The molecule has 0 aromatic heterocycles. The Morgan fingerprint density at radius 2 is 2.19 bits per heavy atom. The Balaban J connectivity index is 2.18. The van der Waals surface area contributed by atoms with Crippen LogP contribution in [0.1, 0.15) is 23.7 Å². The SMILES string of the molecule is Cc1cc(OCCN(C)C)cc2c1C(CC(=O)O)OB2O. The first-order valence-electron chi connectivity index (χ1n) is 6.85. The number of aliphatic carboxylic acids is 1. The topological polar surface area (TPSA) is 79.2 Å². The van der Waals surface area contributed by atoms with Gasteiger partial charge >= 0.3 is 13.1 Å². The molecule has 1 aromatic rings. The molecule has 114 valence electrons. The molecule has 1 heterocycles. The van der Waals surface area contributed by atoms with Crippen LogP contribution in [0.3, 0.4) is 0 Å². The summed E-state index contributed by atoms with van der Waals surface area (Å²) in [5.74, 6) is -0.294. The van der Waals surface area contributed by atoms with E-state index in [0.717, 1.165) is 17.7 Å². The number of hydrogen-bond acceptors (Lipinski definition) is 5. The van der Waals surface area contributed by atoms with Gasteiger partial charge in [-0.15, -0.1) is 0 Å². The number of benzene rings is 1. The summed E-state index contributed by atoms with van der Waals surface area (Å²) in [7, 11) is 2.83. The zero-order valence-corrected chi connectivity index (χ0v) is 12.5. The van der Waals surface area contributed by atoms with E-state index in [-0.39, 0.29) is 6.42 Å². The molecule has 0 fully saturated rings. The summed E-state index contributed by atoms with van der Waals surface area (Å²) in [6, 6.07) is 3.58. The molecule has 2 N–H and O–H groups in total. The van der Waals surface area contributed by atoms with Crippen molar-refractivity contribution in [2.75, 3.05) is 27.2 Å². The van der Waals surface area contributed by atoms with Gasteiger partial charge in [0.15, 0.2) is 0 Å². The Morgan fingerprint density at radius 3 is 2.81 bits per heavy atom. The Labute approximate surface area is 124 Å². The van der Waals surface area contributed by atoms with E-state index in [1.54, 1.807) is 6.07 Å². The second-order valence-electron chi connectivity index (χ2n) is 5.47. The molecule has 7 heteroatoms. The molecule has 6 nitrogen and oxygen atoms in total. The molecule has 1 atom stereocenters. The highest BCUT2D eigenvalue weighted by atomic mass is 16.5. The second kappa shape index (κ2) is 6.47. The van der Waals surface area contributed by atoms with Crippen LogP contribution >= 0.6 is 0 Å². The van der Waals surface area contributed by atoms with Crippen molar-refractivity contribution in [3.8, 4) is 5.75 Å². The lowest BCUT2D eigenvalue weighted by Crippen LogP contribution is -2.28. The minimum atomic E-state index is -1.10. The quantitative estimate of drug-likeness (QED) is 0.728. The summed E-state index contributed by atoms with van der Waals surface area (Å²) in [6.07, 6.45) is -0.769. The van der Waals surface area contributed by atoms with Crippen molar-refractivity contribution in [1.29, 1.82) is 0 Å². The van der Waals surface area contributed by atoms with Crippen LogP contribution in [0.15, 0.2) is 12.1 Å². The fourth-order valence-corrected chi connectivity index (χ4v) is 2.47. The lowest BCUT2D eigenvalue weighted by molar-refractivity contribution is -0.138. The molecule has 21 heavy (non-hydrogen) atoms. The third-order valence-corrected chi connectivity index (χ3v) is 3.44. The monoisotopic (exact) mass is 293 g/mol. The minimum Gasteiger partial charge on any atom is -0.492 e. The van der Waals surface area contributed by atoms with E-state index in [1.165, 1.54) is 0 Å². The van der Waals surface area contributed by atoms with Gasteiger partial charge in [-0.25, -0.2) is 0 Å². The smallest absolute Gasteiger partial charge is 0.492 e. The van der Waals surface area contributed by atoms with Gasteiger partial charge < -0.3 is 24.4 Å². The first kappa shape index (κ1) is 15.8. The van der Waals surface area contributed by atoms with Crippen LogP contribution in [-0.2, 0) is 9.45 Å². The van der Waals surface area contributed by atoms with Gasteiger partial charge in [0, 0.05) is 6.54 Å². The van der Waals surface area contributed by atoms with Crippen LogP contribution in [0.25, 0.3) is 0 Å². The number of rotatable bonds is 6. The number of aryl methyl sites for hydroxylation is 1. The number of nitrogens with zero attached hydrogens (tertiary/aromatic N) is 1. The van der Waals surface area contributed by atoms with Crippen LogP contribution < -0.4 is 10.2 Å². The van der Waals surface area contributed by atoms with Crippen LogP contribution in [0.5, 0.6) is 5.75 Å². The number of hydrogen-bond donors (Lipinski definition) is 2. The summed E-state index contributed by atoms with van der Waals surface area (Å²) in [5.41, 5.74) is 2.22. The Hall–Kier alpha value is -1.57. The molecule has 0 saturated heterocycles. The molecule has 1 aliphatic rings. The van der Waals surface area contributed by atoms with Crippen molar-refractivity contribution in [2.45, 2.75) is 19.4 Å². The highest BCUT2D eigenvalue weighted by molar-refractivity contribution is 6.62. The van der Waals surface area contributed by atoms with Gasteiger partial charge in [-0.2, -0.15) is 0 Å². The molecule has 0 saturated carbocycles. The molecular weight excluding hydrogens is 273 g/mol. The van der Waals surface area contributed by atoms with Gasteiger partial charge in [-0.3, -0.25) is 4.79 Å². The van der Waals surface area contributed by atoms with Gasteiger partial charge in [0.1, 0.15) is 12.4 Å². The third kappa shape index (κ3) is 3.75. The van der Waals surface area contributed by atoms with E-state index in [2.05, 4.69) is 0 Å². The normalized spacial score (nSPS) is 17.2. The highest BCUT2D eigenvalue weighted by Gasteiger charge is 2.37. The Kier molecular flexibility index (Phi) is 4.87. The van der Waals surface area contributed by atoms with Crippen molar-refractivity contribution in [3.63, 3.8) is 0 Å². The zero-order chi connectivity index (χ0) is 15.6. The number of carboxylic acids is 1. The average Bonchev–Trinajstić information content (AvgIpc) is 2.65. The summed E-state index contributed by atoms with van der Waals surface area (Å²) >= 11 is 0.